The fraction of sp³-hybridized carbons (Fsp3) is 0.143. The Morgan fingerprint density at radius 1 is 0.864 bits per heavy atom. The molecule has 0 radical (unpaired) electrons. The summed E-state index contributed by atoms with van der Waals surface area (Å²) in [6.45, 7) is 6.54. The molecule has 0 bridgehead atoms. The number of fused-ring (bicyclic) bond motifs is 2. The van der Waals surface area contributed by atoms with Gasteiger partial charge in [0.25, 0.3) is 5.69 Å². The molecule has 3 heterocycles. The van der Waals surface area contributed by atoms with Crippen molar-refractivity contribution in [3.8, 4) is 5.69 Å². The van der Waals surface area contributed by atoms with Crippen molar-refractivity contribution in [1.82, 2.24) is 9.78 Å². The van der Waals surface area contributed by atoms with Gasteiger partial charge < -0.3 is 4.90 Å². The van der Waals surface area contributed by atoms with Crippen molar-refractivity contribution in [2.24, 2.45) is 9.74 Å². The van der Waals surface area contributed by atoms with E-state index >= 15 is 0 Å². The number of aliphatic imine (C=N–C) groups is 1. The van der Waals surface area contributed by atoms with Crippen LogP contribution in [0.5, 0.6) is 0 Å². The molecular formula is C35H31N6O2P. The molecule has 7 rings (SSSR count). The fourth-order valence-electron chi connectivity index (χ4n) is 6.63. The van der Waals surface area contributed by atoms with Gasteiger partial charge >= 0.3 is 0 Å². The van der Waals surface area contributed by atoms with Crippen molar-refractivity contribution < 1.29 is 4.92 Å². The molecule has 8 nitrogen and oxygen atoms in total. The average molecular weight is 599 g/mol. The van der Waals surface area contributed by atoms with Crippen molar-refractivity contribution in [2.45, 2.75) is 26.2 Å². The molecule has 0 amide bonds. The first kappa shape index (κ1) is 27.7. The quantitative estimate of drug-likeness (QED) is 0.119. The standard InChI is InChI=1S/C35H31N6O2P/c1-24-32-34(40(37-24)26-13-7-5-8-14-26)36-23-31(33-35(2,3)29-17-11-12-18-30(29)39(33)4)44(32,28-15-9-6-10-16-28)38-25-19-21-27(22-20-25)41(42)43/h5-23H,1-4H3/b33-31-. The first-order valence-electron chi connectivity index (χ1n) is 14.4. The third kappa shape index (κ3) is 4.09. The van der Waals surface area contributed by atoms with Gasteiger partial charge in [0, 0.05) is 52.8 Å². The summed E-state index contributed by atoms with van der Waals surface area (Å²) in [7, 11) is -0.759. The number of rotatable bonds is 4. The molecule has 0 spiro atoms. The van der Waals surface area contributed by atoms with Crippen molar-refractivity contribution >= 4 is 46.8 Å². The maximum atomic E-state index is 11.5. The van der Waals surface area contributed by atoms with Crippen LogP contribution in [0.3, 0.4) is 0 Å². The number of anilines is 1. The lowest BCUT2D eigenvalue weighted by atomic mass is 9.84. The van der Waals surface area contributed by atoms with E-state index in [-0.39, 0.29) is 16.0 Å². The van der Waals surface area contributed by atoms with Crippen molar-refractivity contribution in [2.75, 3.05) is 11.9 Å². The lowest BCUT2D eigenvalue weighted by Crippen LogP contribution is -2.30. The molecule has 5 aromatic rings. The van der Waals surface area contributed by atoms with Crippen LogP contribution in [0.25, 0.3) is 5.69 Å². The molecule has 1 aromatic heterocycles. The van der Waals surface area contributed by atoms with Crippen LogP contribution >= 0.6 is 7.05 Å². The van der Waals surface area contributed by atoms with Crippen molar-refractivity contribution in [3.05, 3.63) is 142 Å². The first-order chi connectivity index (χ1) is 21.2. The molecule has 0 N–H and O–H groups in total. The van der Waals surface area contributed by atoms with Gasteiger partial charge in [0.15, 0.2) is 5.82 Å². The second kappa shape index (κ2) is 10.3. The Hall–Kier alpha value is -5.07. The second-order valence-corrected chi connectivity index (χ2v) is 14.5. The highest BCUT2D eigenvalue weighted by atomic mass is 31.2. The van der Waals surface area contributed by atoms with Gasteiger partial charge in [0.05, 0.1) is 34.4 Å². The summed E-state index contributed by atoms with van der Waals surface area (Å²) in [6.07, 6.45) is 2.00. The number of hydrogen-bond acceptors (Lipinski definition) is 6. The van der Waals surface area contributed by atoms with Gasteiger partial charge in [-0.1, -0.05) is 80.6 Å². The van der Waals surface area contributed by atoms with E-state index in [4.69, 9.17) is 14.8 Å². The SMILES string of the molecule is Cc1nn(-c2ccccc2)c2c1P(=Nc1ccc([N+](=O)[O-])cc1)(c1ccccc1)/C(=C1\N(C)c3ccccc3C1(C)C)C=N2. The summed E-state index contributed by atoms with van der Waals surface area (Å²) in [6, 6.07) is 35.4. The Kier molecular flexibility index (Phi) is 6.48. The Morgan fingerprint density at radius 2 is 1.50 bits per heavy atom. The minimum absolute atomic E-state index is 0.0284. The predicted octanol–water partition coefficient (Wildman–Crippen LogP) is 7.93. The van der Waals surface area contributed by atoms with Crippen LogP contribution in [0.15, 0.2) is 130 Å². The first-order valence-corrected chi connectivity index (χ1v) is 16.2. The molecule has 4 aromatic carbocycles. The Bertz CT molecular complexity index is 2040. The smallest absolute Gasteiger partial charge is 0.269 e. The number of para-hydroxylation sites is 2. The monoisotopic (exact) mass is 598 g/mol. The Balaban J connectivity index is 1.65. The van der Waals surface area contributed by atoms with Gasteiger partial charge in [0.1, 0.15) is 0 Å². The van der Waals surface area contributed by atoms with E-state index in [1.54, 1.807) is 12.1 Å². The lowest BCUT2D eigenvalue weighted by molar-refractivity contribution is -0.384. The van der Waals surface area contributed by atoms with E-state index in [0.29, 0.717) is 5.69 Å². The molecule has 1 atom stereocenters. The molecule has 0 saturated heterocycles. The van der Waals surface area contributed by atoms with E-state index in [1.165, 1.54) is 17.7 Å². The maximum Gasteiger partial charge on any atom is 0.269 e. The van der Waals surface area contributed by atoms with Gasteiger partial charge in [-0.15, -0.1) is 0 Å². The van der Waals surface area contributed by atoms with E-state index < -0.39 is 7.05 Å². The van der Waals surface area contributed by atoms with Crippen LogP contribution in [0.4, 0.5) is 22.9 Å². The summed E-state index contributed by atoms with van der Waals surface area (Å²) in [5, 5.41) is 19.7. The zero-order valence-corrected chi connectivity index (χ0v) is 25.8. The van der Waals surface area contributed by atoms with E-state index in [9.17, 15) is 10.1 Å². The number of nitro benzene ring substituents is 1. The fourth-order valence-corrected chi connectivity index (χ4v) is 10.7. The molecule has 0 fully saturated rings. The highest BCUT2D eigenvalue weighted by molar-refractivity contribution is 7.86. The largest absolute Gasteiger partial charge is 0.346 e. The minimum atomic E-state index is -2.88. The number of nitrogens with zero attached hydrogens (tertiary/aromatic N) is 6. The summed E-state index contributed by atoms with van der Waals surface area (Å²) in [5.41, 5.74) is 5.62. The number of likely N-dealkylation sites (N-methyl/N-ethyl adjacent to an activating group) is 1. The molecule has 44 heavy (non-hydrogen) atoms. The molecule has 2 aliphatic rings. The molecule has 218 valence electrons. The molecular weight excluding hydrogens is 567 g/mol. The topological polar surface area (TPSA) is 88.9 Å². The van der Waals surface area contributed by atoms with Crippen molar-refractivity contribution in [3.63, 3.8) is 0 Å². The highest BCUT2D eigenvalue weighted by Gasteiger charge is 2.47. The third-order valence-electron chi connectivity index (χ3n) is 8.55. The number of non-ortho nitro benzene ring substituents is 1. The molecule has 9 heteroatoms. The summed E-state index contributed by atoms with van der Waals surface area (Å²) < 4.78 is 7.58. The number of benzene rings is 4. The number of aryl methyl sites for hydroxylation is 1. The van der Waals surface area contributed by atoms with Crippen LogP contribution in [0.1, 0.15) is 25.1 Å². The number of aromatic nitrogens is 2. The summed E-state index contributed by atoms with van der Waals surface area (Å²) >= 11 is 0. The van der Waals surface area contributed by atoms with Gasteiger partial charge in [0.2, 0.25) is 0 Å². The van der Waals surface area contributed by atoms with Gasteiger partial charge in [-0.3, -0.25) is 14.9 Å². The zero-order valence-electron chi connectivity index (χ0n) is 24.9. The van der Waals surface area contributed by atoms with Gasteiger partial charge in [-0.25, -0.2) is 9.67 Å². The maximum absolute atomic E-state index is 11.5. The van der Waals surface area contributed by atoms with Crippen LogP contribution < -0.4 is 15.5 Å². The molecule has 2 aliphatic heterocycles. The average Bonchev–Trinajstić information content (AvgIpc) is 3.49. The normalized spacial score (nSPS) is 19.9. The van der Waals surface area contributed by atoms with Crippen LogP contribution in [-0.4, -0.2) is 28.0 Å². The Morgan fingerprint density at radius 3 is 2.16 bits per heavy atom. The Labute approximate surface area is 256 Å². The van der Waals surface area contributed by atoms with E-state index in [1.807, 2.05) is 66.4 Å². The predicted molar refractivity (Wildman–Crippen MR) is 179 cm³/mol. The van der Waals surface area contributed by atoms with Crippen LogP contribution in [-0.2, 0) is 5.41 Å². The summed E-state index contributed by atoms with van der Waals surface area (Å²) in [5.74, 6) is 0.747. The van der Waals surface area contributed by atoms with Gasteiger partial charge in [-0.2, -0.15) is 5.10 Å². The zero-order chi connectivity index (χ0) is 30.6. The van der Waals surface area contributed by atoms with Gasteiger partial charge in [-0.05, 0) is 42.8 Å². The van der Waals surface area contributed by atoms with E-state index in [2.05, 4.69) is 62.2 Å². The lowest BCUT2D eigenvalue weighted by Gasteiger charge is -2.35. The summed E-state index contributed by atoms with van der Waals surface area (Å²) in [4.78, 5) is 18.6. The third-order valence-corrected chi connectivity index (χ3v) is 12.3. The highest BCUT2D eigenvalue weighted by Crippen LogP contribution is 2.64. The molecule has 0 saturated carbocycles. The van der Waals surface area contributed by atoms with Crippen LogP contribution in [0, 0.1) is 17.0 Å². The number of nitro groups is 1. The van der Waals surface area contributed by atoms with E-state index in [0.717, 1.165) is 44.5 Å². The molecule has 1 unspecified atom stereocenters. The minimum Gasteiger partial charge on any atom is -0.346 e. The number of allylic oxidation sites excluding steroid dienone is 2. The van der Waals surface area contributed by atoms with Crippen molar-refractivity contribution in [1.29, 1.82) is 0 Å². The van der Waals surface area contributed by atoms with Crippen LogP contribution in [0.2, 0.25) is 0 Å². The number of hydrogen-bond donors (Lipinski definition) is 0. The molecule has 0 aliphatic carbocycles. The second-order valence-electron chi connectivity index (χ2n) is 11.5.